The minimum Gasteiger partial charge on any atom is -0.481 e. The molecule has 1 saturated carbocycles. The molecule has 0 unspecified atom stereocenters. The summed E-state index contributed by atoms with van der Waals surface area (Å²) in [6, 6.07) is 5.67. The molecule has 1 aliphatic rings. The molecule has 0 aromatic heterocycles. The smallest absolute Gasteiger partial charge is 0.314 e. The fraction of sp³-hybridized carbons (Fsp3) is 0.529. The van der Waals surface area contributed by atoms with Crippen molar-refractivity contribution in [2.24, 2.45) is 0 Å². The molecular formula is C17H20ClNO2. The molecule has 0 radical (unpaired) electrons. The Morgan fingerprint density at radius 2 is 1.90 bits per heavy atom. The molecule has 1 N–H and O–H groups in total. The van der Waals surface area contributed by atoms with Crippen molar-refractivity contribution in [2.45, 2.75) is 57.3 Å². The Morgan fingerprint density at radius 1 is 1.33 bits per heavy atom. The van der Waals surface area contributed by atoms with Gasteiger partial charge >= 0.3 is 5.97 Å². The van der Waals surface area contributed by atoms with Gasteiger partial charge in [0.1, 0.15) is 0 Å². The van der Waals surface area contributed by atoms with Crippen LogP contribution in [-0.2, 0) is 15.6 Å². The molecule has 1 aromatic carbocycles. The molecule has 0 amide bonds. The summed E-state index contributed by atoms with van der Waals surface area (Å²) < 4.78 is 0. The third kappa shape index (κ3) is 2.65. The van der Waals surface area contributed by atoms with E-state index in [1.807, 2.05) is 20.8 Å². The Bertz CT molecular complexity index is 617. The van der Waals surface area contributed by atoms with E-state index in [1.54, 1.807) is 12.1 Å². The van der Waals surface area contributed by atoms with E-state index in [-0.39, 0.29) is 5.41 Å². The lowest BCUT2D eigenvalue weighted by molar-refractivity contribution is -0.143. The van der Waals surface area contributed by atoms with Crippen molar-refractivity contribution in [3.63, 3.8) is 0 Å². The van der Waals surface area contributed by atoms with Crippen molar-refractivity contribution in [1.29, 1.82) is 5.26 Å². The number of nitrogens with zero attached hydrogens (tertiary/aromatic N) is 1. The zero-order valence-corrected chi connectivity index (χ0v) is 13.4. The second kappa shape index (κ2) is 5.35. The zero-order valence-electron chi connectivity index (χ0n) is 12.7. The van der Waals surface area contributed by atoms with Gasteiger partial charge in [-0.25, -0.2) is 0 Å². The van der Waals surface area contributed by atoms with Crippen LogP contribution >= 0.6 is 11.6 Å². The first-order chi connectivity index (χ1) is 9.72. The molecule has 3 nitrogen and oxygen atoms in total. The van der Waals surface area contributed by atoms with Gasteiger partial charge in [0.05, 0.1) is 17.0 Å². The first-order valence-corrected chi connectivity index (χ1v) is 7.58. The van der Waals surface area contributed by atoms with Crippen LogP contribution in [0.3, 0.4) is 0 Å². The van der Waals surface area contributed by atoms with E-state index in [4.69, 9.17) is 11.6 Å². The van der Waals surface area contributed by atoms with E-state index >= 15 is 0 Å². The van der Waals surface area contributed by atoms with Crippen LogP contribution in [0.15, 0.2) is 12.1 Å². The highest BCUT2D eigenvalue weighted by atomic mass is 35.5. The topological polar surface area (TPSA) is 61.1 Å². The highest BCUT2D eigenvalue weighted by molar-refractivity contribution is 6.32. The van der Waals surface area contributed by atoms with Crippen molar-refractivity contribution < 1.29 is 9.90 Å². The summed E-state index contributed by atoms with van der Waals surface area (Å²) in [7, 11) is 0. The molecule has 4 heteroatoms. The fourth-order valence-electron chi connectivity index (χ4n) is 3.23. The number of carboxylic acids is 1. The Hall–Kier alpha value is -1.53. The third-order valence-corrected chi connectivity index (χ3v) is 4.73. The van der Waals surface area contributed by atoms with Crippen LogP contribution in [-0.4, -0.2) is 11.1 Å². The van der Waals surface area contributed by atoms with E-state index in [9.17, 15) is 15.2 Å². The molecule has 2 rings (SSSR count). The number of carbonyl (C=O) groups is 1. The number of hydrogen-bond acceptors (Lipinski definition) is 2. The lowest BCUT2D eigenvalue weighted by Crippen LogP contribution is -2.33. The normalized spacial score (nSPS) is 17.5. The number of halogens is 1. The monoisotopic (exact) mass is 305 g/mol. The number of rotatable bonds is 2. The zero-order chi connectivity index (χ0) is 15.8. The highest BCUT2D eigenvalue weighted by Gasteiger charge is 2.44. The Labute approximate surface area is 130 Å². The van der Waals surface area contributed by atoms with Gasteiger partial charge in [-0.1, -0.05) is 45.2 Å². The second-order valence-electron chi connectivity index (χ2n) is 6.83. The van der Waals surface area contributed by atoms with Gasteiger partial charge in [0.2, 0.25) is 0 Å². The van der Waals surface area contributed by atoms with Crippen LogP contribution in [0.25, 0.3) is 0 Å². The summed E-state index contributed by atoms with van der Waals surface area (Å²) in [4.78, 5) is 11.8. The van der Waals surface area contributed by atoms with Gasteiger partial charge in [-0.05, 0) is 41.5 Å². The van der Waals surface area contributed by atoms with E-state index in [0.29, 0.717) is 29.0 Å². The van der Waals surface area contributed by atoms with Crippen molar-refractivity contribution in [3.8, 4) is 6.07 Å². The third-order valence-electron chi connectivity index (χ3n) is 4.42. The Kier molecular flexibility index (Phi) is 4.04. The number of aliphatic carboxylic acids is 1. The van der Waals surface area contributed by atoms with Gasteiger partial charge in [0, 0.05) is 5.02 Å². The van der Waals surface area contributed by atoms with Crippen LogP contribution < -0.4 is 0 Å². The Morgan fingerprint density at radius 3 is 2.33 bits per heavy atom. The lowest BCUT2D eigenvalue weighted by atomic mass is 9.75. The minimum absolute atomic E-state index is 0.209. The molecule has 1 aliphatic carbocycles. The van der Waals surface area contributed by atoms with E-state index in [1.165, 1.54) is 0 Å². The van der Waals surface area contributed by atoms with Crippen LogP contribution in [0, 0.1) is 11.3 Å². The molecule has 1 fully saturated rings. The molecule has 0 bridgehead atoms. The van der Waals surface area contributed by atoms with Gasteiger partial charge in [-0.3, -0.25) is 4.79 Å². The molecule has 0 atom stereocenters. The average molecular weight is 306 g/mol. The van der Waals surface area contributed by atoms with Crippen LogP contribution in [0.5, 0.6) is 0 Å². The van der Waals surface area contributed by atoms with Crippen LogP contribution in [0.1, 0.15) is 63.1 Å². The second-order valence-corrected chi connectivity index (χ2v) is 7.24. The quantitative estimate of drug-likeness (QED) is 0.880. The van der Waals surface area contributed by atoms with E-state index in [2.05, 4.69) is 6.07 Å². The van der Waals surface area contributed by atoms with Crippen LogP contribution in [0.4, 0.5) is 0 Å². The first kappa shape index (κ1) is 15.9. The molecule has 1 aromatic rings. The van der Waals surface area contributed by atoms with Crippen molar-refractivity contribution in [1.82, 2.24) is 0 Å². The number of carboxylic acid groups (broad SMARTS) is 1. The highest BCUT2D eigenvalue weighted by Crippen LogP contribution is 2.45. The predicted molar refractivity (Wildman–Crippen MR) is 82.6 cm³/mol. The fourth-order valence-corrected chi connectivity index (χ4v) is 3.57. The van der Waals surface area contributed by atoms with Crippen molar-refractivity contribution in [3.05, 3.63) is 33.8 Å². The van der Waals surface area contributed by atoms with Crippen molar-refractivity contribution in [2.75, 3.05) is 0 Å². The largest absolute Gasteiger partial charge is 0.481 e. The maximum absolute atomic E-state index is 11.8. The van der Waals surface area contributed by atoms with Crippen LogP contribution in [0.2, 0.25) is 5.02 Å². The molecule has 0 heterocycles. The number of nitriles is 1. The van der Waals surface area contributed by atoms with E-state index < -0.39 is 11.4 Å². The summed E-state index contributed by atoms with van der Waals surface area (Å²) in [6.45, 7) is 6.05. The standard InChI is InChI=1S/C17H20ClNO2/c1-16(2,3)12-9-14(18)13(8-11(12)10-19)17(15(20)21)6-4-5-7-17/h8-9H,4-7H2,1-3H3,(H,20,21). The first-order valence-electron chi connectivity index (χ1n) is 7.20. The average Bonchev–Trinajstić information content (AvgIpc) is 2.87. The van der Waals surface area contributed by atoms with Crippen molar-refractivity contribution >= 4 is 17.6 Å². The molecule has 112 valence electrons. The van der Waals surface area contributed by atoms with Gasteiger partial charge in [0.15, 0.2) is 0 Å². The maximum Gasteiger partial charge on any atom is 0.314 e. The molecule has 0 saturated heterocycles. The van der Waals surface area contributed by atoms with Gasteiger partial charge in [0.25, 0.3) is 0 Å². The molecule has 0 aliphatic heterocycles. The number of benzene rings is 1. The minimum atomic E-state index is -0.931. The predicted octanol–water partition coefficient (Wildman–Crippen LogP) is 4.41. The summed E-state index contributed by atoms with van der Waals surface area (Å²) in [5, 5.41) is 19.6. The maximum atomic E-state index is 11.8. The molecule has 21 heavy (non-hydrogen) atoms. The molecular weight excluding hydrogens is 286 g/mol. The van der Waals surface area contributed by atoms with Gasteiger partial charge in [-0.2, -0.15) is 5.26 Å². The number of hydrogen-bond donors (Lipinski definition) is 1. The summed E-state index contributed by atoms with van der Waals surface area (Å²) in [5.74, 6) is -0.839. The lowest BCUT2D eigenvalue weighted by Gasteiger charge is -2.28. The van der Waals surface area contributed by atoms with Gasteiger partial charge < -0.3 is 5.11 Å². The van der Waals surface area contributed by atoms with Gasteiger partial charge in [-0.15, -0.1) is 0 Å². The summed E-state index contributed by atoms with van der Waals surface area (Å²) >= 11 is 6.41. The SMILES string of the molecule is CC(C)(C)c1cc(Cl)c(C2(C(=O)O)CCCC2)cc1C#N. The summed E-state index contributed by atoms with van der Waals surface area (Å²) in [6.07, 6.45) is 2.93. The molecule has 0 spiro atoms. The summed E-state index contributed by atoms with van der Waals surface area (Å²) in [5.41, 5.74) is 0.837. The Balaban J connectivity index is 2.67. The van der Waals surface area contributed by atoms with E-state index in [0.717, 1.165) is 18.4 Å².